The summed E-state index contributed by atoms with van der Waals surface area (Å²) in [6, 6.07) is 17.6. The summed E-state index contributed by atoms with van der Waals surface area (Å²) in [6.45, 7) is 10.9. The third-order valence-electron chi connectivity index (χ3n) is 6.74. The molecule has 1 aliphatic rings. The number of carbonyl (C=O) groups excluding carboxylic acids is 1. The lowest BCUT2D eigenvalue weighted by atomic mass is 10.1. The van der Waals surface area contributed by atoms with Crippen molar-refractivity contribution in [2.45, 2.75) is 25.7 Å². The quantitative estimate of drug-likeness (QED) is 0.453. The average molecular weight is 523 g/mol. The second-order valence-corrected chi connectivity index (χ2v) is 10.8. The van der Waals surface area contributed by atoms with Gasteiger partial charge in [-0.15, -0.1) is 0 Å². The van der Waals surface area contributed by atoms with Gasteiger partial charge in [-0.2, -0.15) is 0 Å². The van der Waals surface area contributed by atoms with Crippen LogP contribution in [0.5, 0.6) is 5.75 Å². The third-order valence-corrected chi connectivity index (χ3v) is 8.11. The van der Waals surface area contributed by atoms with Crippen molar-refractivity contribution in [3.05, 3.63) is 77.4 Å². The predicted octanol–water partition coefficient (Wildman–Crippen LogP) is 4.51. The first-order chi connectivity index (χ1) is 17.7. The van der Waals surface area contributed by atoms with Crippen LogP contribution >= 0.6 is 0 Å². The molecule has 0 radical (unpaired) electrons. The van der Waals surface area contributed by atoms with Gasteiger partial charge in [-0.05, 0) is 74.0 Å². The normalized spacial score (nSPS) is 14.3. The van der Waals surface area contributed by atoms with Crippen molar-refractivity contribution in [1.29, 1.82) is 0 Å². The molecule has 0 aromatic heterocycles. The number of piperazine rings is 1. The first kappa shape index (κ1) is 26.5. The minimum absolute atomic E-state index is 0.0583. The van der Waals surface area contributed by atoms with E-state index in [1.54, 1.807) is 18.2 Å². The van der Waals surface area contributed by atoms with E-state index in [1.807, 2.05) is 44.2 Å². The molecule has 4 rings (SSSR count). The van der Waals surface area contributed by atoms with Gasteiger partial charge in [0, 0.05) is 43.1 Å². The second kappa shape index (κ2) is 11.2. The SMILES string of the molecule is CCN1CCN(c2ccc(C(=O)Nc3ccc(OC)c(S(=O)(=O)Nc4c(C)cccc4C)c3)cc2)CC1. The summed E-state index contributed by atoms with van der Waals surface area (Å²) in [5, 5.41) is 2.81. The van der Waals surface area contributed by atoms with Crippen LogP contribution in [0.15, 0.2) is 65.6 Å². The molecule has 0 saturated carbocycles. The molecule has 1 saturated heterocycles. The lowest BCUT2D eigenvalue weighted by Crippen LogP contribution is -2.46. The number of anilines is 3. The summed E-state index contributed by atoms with van der Waals surface area (Å²) < 4.78 is 34.6. The zero-order chi connectivity index (χ0) is 26.6. The second-order valence-electron chi connectivity index (χ2n) is 9.16. The van der Waals surface area contributed by atoms with Crippen molar-refractivity contribution >= 4 is 33.0 Å². The van der Waals surface area contributed by atoms with Crippen LogP contribution in [-0.2, 0) is 10.0 Å². The van der Waals surface area contributed by atoms with Gasteiger partial charge in [-0.25, -0.2) is 8.42 Å². The summed E-state index contributed by atoms with van der Waals surface area (Å²) in [4.78, 5) is 17.6. The monoisotopic (exact) mass is 522 g/mol. The Bertz CT molecular complexity index is 1350. The fraction of sp³-hybridized carbons (Fsp3) is 0.321. The van der Waals surface area contributed by atoms with Gasteiger partial charge in [0.15, 0.2) is 0 Å². The Hall–Kier alpha value is -3.56. The maximum absolute atomic E-state index is 13.3. The minimum Gasteiger partial charge on any atom is -0.495 e. The molecule has 0 atom stereocenters. The number of nitrogens with zero attached hydrogens (tertiary/aromatic N) is 2. The molecule has 0 unspecified atom stereocenters. The van der Waals surface area contributed by atoms with Crippen molar-refractivity contribution in [2.24, 2.45) is 0 Å². The zero-order valence-electron chi connectivity index (χ0n) is 21.7. The Balaban J connectivity index is 1.51. The minimum atomic E-state index is -3.98. The molecule has 0 bridgehead atoms. The fourth-order valence-electron chi connectivity index (χ4n) is 4.48. The molecule has 1 fully saturated rings. The number of rotatable bonds is 8. The van der Waals surface area contributed by atoms with Crippen LogP contribution in [0.3, 0.4) is 0 Å². The van der Waals surface area contributed by atoms with Crippen LogP contribution in [0.2, 0.25) is 0 Å². The Morgan fingerprint density at radius 2 is 1.59 bits per heavy atom. The maximum atomic E-state index is 13.3. The van der Waals surface area contributed by atoms with Crippen molar-refractivity contribution in [2.75, 3.05) is 54.8 Å². The third kappa shape index (κ3) is 6.06. The van der Waals surface area contributed by atoms with Gasteiger partial charge >= 0.3 is 0 Å². The number of benzene rings is 3. The fourth-order valence-corrected chi connectivity index (χ4v) is 5.88. The molecule has 37 heavy (non-hydrogen) atoms. The number of aryl methyl sites for hydroxylation is 2. The molecule has 2 N–H and O–H groups in total. The van der Waals surface area contributed by atoms with E-state index < -0.39 is 10.0 Å². The van der Waals surface area contributed by atoms with E-state index in [-0.39, 0.29) is 16.6 Å². The molecule has 196 valence electrons. The number of hydrogen-bond acceptors (Lipinski definition) is 6. The molecule has 0 spiro atoms. The topological polar surface area (TPSA) is 91.0 Å². The van der Waals surface area contributed by atoms with E-state index in [9.17, 15) is 13.2 Å². The van der Waals surface area contributed by atoms with Crippen LogP contribution in [0.4, 0.5) is 17.1 Å². The number of methoxy groups -OCH3 is 1. The van der Waals surface area contributed by atoms with Crippen molar-refractivity contribution in [3.8, 4) is 5.75 Å². The molecule has 1 aliphatic heterocycles. The molecule has 9 heteroatoms. The predicted molar refractivity (Wildman–Crippen MR) is 148 cm³/mol. The van der Waals surface area contributed by atoms with Gasteiger partial charge in [0.05, 0.1) is 12.8 Å². The van der Waals surface area contributed by atoms with Gasteiger partial charge in [0.2, 0.25) is 0 Å². The van der Waals surface area contributed by atoms with E-state index in [1.165, 1.54) is 19.2 Å². The van der Waals surface area contributed by atoms with Crippen molar-refractivity contribution < 1.29 is 17.9 Å². The summed E-state index contributed by atoms with van der Waals surface area (Å²) in [7, 11) is -2.57. The zero-order valence-corrected chi connectivity index (χ0v) is 22.6. The molecule has 0 aliphatic carbocycles. The Labute approximate surface area is 219 Å². The van der Waals surface area contributed by atoms with E-state index in [2.05, 4.69) is 26.8 Å². The summed E-state index contributed by atoms with van der Waals surface area (Å²) >= 11 is 0. The van der Waals surface area contributed by atoms with E-state index in [4.69, 9.17) is 4.74 Å². The molecular weight excluding hydrogens is 488 g/mol. The van der Waals surface area contributed by atoms with Gasteiger partial charge < -0.3 is 19.9 Å². The molecule has 1 amide bonds. The summed E-state index contributed by atoms with van der Waals surface area (Å²) in [5.41, 5.74) is 4.07. The van der Waals surface area contributed by atoms with Crippen LogP contribution in [0.25, 0.3) is 0 Å². The molecule has 8 nitrogen and oxygen atoms in total. The highest BCUT2D eigenvalue weighted by Crippen LogP contribution is 2.31. The lowest BCUT2D eigenvalue weighted by molar-refractivity contribution is 0.102. The Morgan fingerprint density at radius 1 is 0.946 bits per heavy atom. The molecule has 3 aromatic carbocycles. The van der Waals surface area contributed by atoms with Crippen LogP contribution in [0.1, 0.15) is 28.4 Å². The number of carbonyl (C=O) groups is 1. The number of hydrogen-bond donors (Lipinski definition) is 2. The number of amides is 1. The van der Waals surface area contributed by atoms with Gasteiger partial charge in [-0.1, -0.05) is 25.1 Å². The Morgan fingerprint density at radius 3 is 2.19 bits per heavy atom. The molecular formula is C28H34N4O4S. The van der Waals surface area contributed by atoms with E-state index in [0.717, 1.165) is 49.5 Å². The first-order valence-corrected chi connectivity index (χ1v) is 13.9. The van der Waals surface area contributed by atoms with Crippen molar-refractivity contribution in [1.82, 2.24) is 4.90 Å². The number of sulfonamides is 1. The number of likely N-dealkylation sites (N-methyl/N-ethyl adjacent to an activating group) is 1. The highest BCUT2D eigenvalue weighted by molar-refractivity contribution is 7.92. The van der Waals surface area contributed by atoms with E-state index >= 15 is 0 Å². The standard InChI is InChI=1S/C28H34N4O4S/c1-5-31-15-17-32(18-16-31)24-12-9-22(10-13-24)28(33)29-23-11-14-25(36-4)26(19-23)37(34,35)30-27-20(2)7-6-8-21(27)3/h6-14,19,30H,5,15-18H2,1-4H3,(H,29,33). The Kier molecular flexibility index (Phi) is 8.04. The number of ether oxygens (including phenoxy) is 1. The highest BCUT2D eigenvalue weighted by atomic mass is 32.2. The van der Waals surface area contributed by atoms with Crippen LogP contribution in [-0.4, -0.2) is 59.1 Å². The van der Waals surface area contributed by atoms with E-state index in [0.29, 0.717) is 16.9 Å². The smallest absolute Gasteiger partial charge is 0.265 e. The molecule has 1 heterocycles. The lowest BCUT2D eigenvalue weighted by Gasteiger charge is -2.35. The number of para-hydroxylation sites is 1. The summed E-state index contributed by atoms with van der Waals surface area (Å²) in [5.74, 6) is -0.136. The highest BCUT2D eigenvalue weighted by Gasteiger charge is 2.23. The summed E-state index contributed by atoms with van der Waals surface area (Å²) in [6.07, 6.45) is 0. The maximum Gasteiger partial charge on any atom is 0.265 e. The molecule has 3 aromatic rings. The van der Waals surface area contributed by atoms with Gasteiger partial charge in [0.25, 0.3) is 15.9 Å². The van der Waals surface area contributed by atoms with Crippen LogP contribution in [0, 0.1) is 13.8 Å². The van der Waals surface area contributed by atoms with Crippen molar-refractivity contribution in [3.63, 3.8) is 0 Å². The van der Waals surface area contributed by atoms with Crippen LogP contribution < -0.4 is 19.7 Å². The number of nitrogens with one attached hydrogen (secondary N) is 2. The first-order valence-electron chi connectivity index (χ1n) is 12.4. The van der Waals surface area contributed by atoms with Gasteiger partial charge in [-0.3, -0.25) is 9.52 Å². The van der Waals surface area contributed by atoms with Gasteiger partial charge in [0.1, 0.15) is 10.6 Å². The average Bonchev–Trinajstić information content (AvgIpc) is 2.91. The largest absolute Gasteiger partial charge is 0.495 e.